The Morgan fingerprint density at radius 1 is 1.10 bits per heavy atom. The zero-order valence-corrected chi connectivity index (χ0v) is 10.9. The molecule has 2 N–H and O–H groups in total. The lowest BCUT2D eigenvalue weighted by molar-refractivity contribution is -0.148. The standard InChI is InChI=1S/C15H16FNO3/c16-10-3-5-11(6-4-10)17-14(18)12-8-1-2-9(7-8)13(12)15(19)20/h3-6,8-9,12-13H,1-2,7H2,(H,17,18)(H,19,20)/t8-,9-,12+,13-/m0/s1. The zero-order valence-electron chi connectivity index (χ0n) is 10.9. The number of rotatable bonds is 3. The van der Waals surface area contributed by atoms with E-state index in [1.807, 2.05) is 0 Å². The van der Waals surface area contributed by atoms with Gasteiger partial charge in [0, 0.05) is 5.69 Å². The second-order valence-corrected chi connectivity index (χ2v) is 5.72. The Balaban J connectivity index is 1.76. The van der Waals surface area contributed by atoms with Gasteiger partial charge in [-0.15, -0.1) is 0 Å². The summed E-state index contributed by atoms with van der Waals surface area (Å²) in [6, 6.07) is 5.50. The molecule has 0 unspecified atom stereocenters. The number of carboxylic acid groups (broad SMARTS) is 1. The monoisotopic (exact) mass is 277 g/mol. The van der Waals surface area contributed by atoms with Crippen LogP contribution in [0.3, 0.4) is 0 Å². The fraction of sp³-hybridized carbons (Fsp3) is 0.467. The van der Waals surface area contributed by atoms with Gasteiger partial charge in [-0.1, -0.05) is 0 Å². The van der Waals surface area contributed by atoms with Gasteiger partial charge in [-0.2, -0.15) is 0 Å². The van der Waals surface area contributed by atoms with E-state index in [9.17, 15) is 19.1 Å². The summed E-state index contributed by atoms with van der Waals surface area (Å²) >= 11 is 0. The van der Waals surface area contributed by atoms with E-state index in [0.717, 1.165) is 19.3 Å². The quantitative estimate of drug-likeness (QED) is 0.892. The van der Waals surface area contributed by atoms with Gasteiger partial charge >= 0.3 is 5.97 Å². The lowest BCUT2D eigenvalue weighted by atomic mass is 9.78. The normalized spacial score (nSPS) is 31.2. The van der Waals surface area contributed by atoms with Gasteiger partial charge in [0.15, 0.2) is 0 Å². The van der Waals surface area contributed by atoms with E-state index < -0.39 is 17.8 Å². The number of benzene rings is 1. The van der Waals surface area contributed by atoms with Crippen LogP contribution in [0.2, 0.25) is 0 Å². The Kier molecular flexibility index (Phi) is 3.20. The van der Waals surface area contributed by atoms with Crippen molar-refractivity contribution in [3.05, 3.63) is 30.1 Å². The molecule has 0 aliphatic heterocycles. The maximum absolute atomic E-state index is 12.8. The second kappa shape index (κ2) is 4.89. The summed E-state index contributed by atoms with van der Waals surface area (Å²) in [6.45, 7) is 0. The number of carbonyl (C=O) groups is 2. The van der Waals surface area contributed by atoms with Crippen molar-refractivity contribution in [1.82, 2.24) is 0 Å². The fourth-order valence-corrected chi connectivity index (χ4v) is 3.78. The molecule has 4 nitrogen and oxygen atoms in total. The minimum absolute atomic E-state index is 0.126. The van der Waals surface area contributed by atoms with Crippen molar-refractivity contribution in [2.45, 2.75) is 19.3 Å². The third-order valence-electron chi connectivity index (χ3n) is 4.62. The first kappa shape index (κ1) is 13.1. The highest BCUT2D eigenvalue weighted by Gasteiger charge is 2.53. The lowest BCUT2D eigenvalue weighted by Crippen LogP contribution is -2.37. The molecule has 5 heteroatoms. The molecule has 0 saturated heterocycles. The smallest absolute Gasteiger partial charge is 0.307 e. The van der Waals surface area contributed by atoms with Gasteiger partial charge in [0.25, 0.3) is 0 Å². The van der Waals surface area contributed by atoms with Gasteiger partial charge < -0.3 is 10.4 Å². The summed E-state index contributed by atoms with van der Waals surface area (Å²) in [7, 11) is 0. The number of fused-ring (bicyclic) bond motifs is 2. The van der Waals surface area contributed by atoms with E-state index >= 15 is 0 Å². The number of anilines is 1. The Morgan fingerprint density at radius 2 is 1.70 bits per heavy atom. The van der Waals surface area contributed by atoms with E-state index in [0.29, 0.717) is 5.69 Å². The topological polar surface area (TPSA) is 66.4 Å². The van der Waals surface area contributed by atoms with E-state index in [-0.39, 0.29) is 23.6 Å². The molecule has 1 aromatic rings. The molecule has 2 bridgehead atoms. The minimum Gasteiger partial charge on any atom is -0.481 e. The summed E-state index contributed by atoms with van der Waals surface area (Å²) in [5, 5.41) is 12.0. The van der Waals surface area contributed by atoms with Crippen LogP contribution in [0.25, 0.3) is 0 Å². The van der Waals surface area contributed by atoms with Crippen LogP contribution in [0.1, 0.15) is 19.3 Å². The molecule has 2 aliphatic carbocycles. The number of halogens is 1. The SMILES string of the molecule is O=C(Nc1ccc(F)cc1)[C@@H]1[C@H]2CC[C@@H](C2)[C@@H]1C(=O)O. The molecule has 2 aliphatic rings. The predicted molar refractivity (Wildman–Crippen MR) is 70.5 cm³/mol. The Labute approximate surface area is 116 Å². The highest BCUT2D eigenvalue weighted by atomic mass is 19.1. The van der Waals surface area contributed by atoms with Gasteiger partial charge in [-0.25, -0.2) is 4.39 Å². The molecule has 2 fully saturated rings. The van der Waals surface area contributed by atoms with Crippen molar-refractivity contribution >= 4 is 17.6 Å². The molecule has 20 heavy (non-hydrogen) atoms. The van der Waals surface area contributed by atoms with Crippen molar-refractivity contribution in [2.24, 2.45) is 23.7 Å². The Morgan fingerprint density at radius 3 is 2.30 bits per heavy atom. The third kappa shape index (κ3) is 2.17. The van der Waals surface area contributed by atoms with Crippen molar-refractivity contribution in [2.75, 3.05) is 5.32 Å². The van der Waals surface area contributed by atoms with E-state index in [4.69, 9.17) is 0 Å². The number of carboxylic acids is 1. The van der Waals surface area contributed by atoms with Crippen LogP contribution in [0.5, 0.6) is 0 Å². The molecule has 1 aromatic carbocycles. The third-order valence-corrected chi connectivity index (χ3v) is 4.62. The van der Waals surface area contributed by atoms with E-state index in [2.05, 4.69) is 5.32 Å². The Hall–Kier alpha value is -1.91. The maximum Gasteiger partial charge on any atom is 0.307 e. The number of carbonyl (C=O) groups excluding carboxylic acids is 1. The van der Waals surface area contributed by atoms with Gasteiger partial charge in [-0.3, -0.25) is 9.59 Å². The van der Waals surface area contributed by atoms with Crippen molar-refractivity contribution in [3.8, 4) is 0 Å². The summed E-state index contributed by atoms with van der Waals surface area (Å²) in [4.78, 5) is 23.7. The summed E-state index contributed by atoms with van der Waals surface area (Å²) in [5.74, 6) is -2.24. The second-order valence-electron chi connectivity index (χ2n) is 5.72. The molecular formula is C15H16FNO3. The summed E-state index contributed by atoms with van der Waals surface area (Å²) in [6.07, 6.45) is 2.66. The first-order chi connectivity index (χ1) is 9.56. The van der Waals surface area contributed by atoms with Gasteiger partial charge in [0.05, 0.1) is 11.8 Å². The van der Waals surface area contributed by atoms with Gasteiger partial charge in [0.1, 0.15) is 5.82 Å². The van der Waals surface area contributed by atoms with Crippen LogP contribution >= 0.6 is 0 Å². The molecule has 4 atom stereocenters. The van der Waals surface area contributed by atoms with Crippen LogP contribution < -0.4 is 5.32 Å². The van der Waals surface area contributed by atoms with Crippen LogP contribution in [0.4, 0.5) is 10.1 Å². The minimum atomic E-state index is -0.878. The lowest BCUT2D eigenvalue weighted by Gasteiger charge is -2.27. The molecule has 2 saturated carbocycles. The molecule has 0 heterocycles. The van der Waals surface area contributed by atoms with Crippen molar-refractivity contribution in [1.29, 1.82) is 0 Å². The number of aliphatic carboxylic acids is 1. The first-order valence-electron chi connectivity index (χ1n) is 6.85. The average Bonchev–Trinajstić information content (AvgIpc) is 3.01. The Bertz CT molecular complexity index is 543. The molecular weight excluding hydrogens is 261 g/mol. The van der Waals surface area contributed by atoms with Crippen LogP contribution in [0, 0.1) is 29.5 Å². The van der Waals surface area contributed by atoms with E-state index in [1.165, 1.54) is 24.3 Å². The maximum atomic E-state index is 12.8. The van der Waals surface area contributed by atoms with Crippen molar-refractivity contribution < 1.29 is 19.1 Å². The van der Waals surface area contributed by atoms with Crippen LogP contribution in [0.15, 0.2) is 24.3 Å². The van der Waals surface area contributed by atoms with Gasteiger partial charge in [-0.05, 0) is 55.4 Å². The van der Waals surface area contributed by atoms with Crippen LogP contribution in [-0.4, -0.2) is 17.0 Å². The fourth-order valence-electron chi connectivity index (χ4n) is 3.78. The molecule has 1 amide bonds. The number of nitrogens with one attached hydrogen (secondary N) is 1. The zero-order chi connectivity index (χ0) is 14.3. The largest absolute Gasteiger partial charge is 0.481 e. The number of amides is 1. The van der Waals surface area contributed by atoms with Crippen LogP contribution in [-0.2, 0) is 9.59 Å². The van der Waals surface area contributed by atoms with Gasteiger partial charge in [0.2, 0.25) is 5.91 Å². The summed E-state index contributed by atoms with van der Waals surface area (Å²) < 4.78 is 12.8. The van der Waals surface area contributed by atoms with Crippen molar-refractivity contribution in [3.63, 3.8) is 0 Å². The summed E-state index contributed by atoms with van der Waals surface area (Å²) in [5.41, 5.74) is 0.503. The number of hydrogen-bond acceptors (Lipinski definition) is 2. The molecule has 106 valence electrons. The molecule has 0 radical (unpaired) electrons. The molecule has 3 rings (SSSR count). The highest BCUT2D eigenvalue weighted by molar-refractivity contribution is 5.95. The van der Waals surface area contributed by atoms with E-state index in [1.54, 1.807) is 0 Å². The number of hydrogen-bond donors (Lipinski definition) is 2. The first-order valence-corrected chi connectivity index (χ1v) is 6.85. The highest BCUT2D eigenvalue weighted by Crippen LogP contribution is 2.52. The predicted octanol–water partition coefficient (Wildman–Crippen LogP) is 2.51. The molecule has 0 aromatic heterocycles. The molecule has 0 spiro atoms. The average molecular weight is 277 g/mol.